The molecule has 0 radical (unpaired) electrons. The van der Waals surface area contributed by atoms with Gasteiger partial charge in [-0.3, -0.25) is 0 Å². The van der Waals surface area contributed by atoms with Crippen LogP contribution >= 0.6 is 0 Å². The maximum Gasteiger partial charge on any atom is 0.280 e. The fourth-order valence-corrected chi connectivity index (χ4v) is 3.99. The fraction of sp³-hybridized carbons (Fsp3) is 1.00. The molecule has 2 N–H and O–H groups in total. The van der Waals surface area contributed by atoms with Crippen LogP contribution in [-0.2, 0) is 10.2 Å². The molecule has 0 saturated carbocycles. The van der Waals surface area contributed by atoms with E-state index in [-0.39, 0.29) is 12.6 Å². The van der Waals surface area contributed by atoms with Crippen molar-refractivity contribution in [3.63, 3.8) is 0 Å². The van der Waals surface area contributed by atoms with E-state index in [2.05, 4.69) is 4.72 Å². The maximum atomic E-state index is 12.3. The predicted octanol–water partition coefficient (Wildman–Crippen LogP) is -0.384. The number of β-amino-alcohol motifs (C(OH)–C–C–N with tert-alkyl or cyclic N) is 1. The average Bonchev–Trinajstić information content (AvgIpc) is 2.41. The Hall–Kier alpha value is -0.210. The third-order valence-corrected chi connectivity index (χ3v) is 4.60. The molecule has 0 bridgehead atoms. The van der Waals surface area contributed by atoms with E-state index in [4.69, 9.17) is 0 Å². The molecule has 7 heteroatoms. The molecular formula is C11H25N3O3S. The third kappa shape index (κ3) is 4.47. The molecule has 1 rings (SSSR count). The summed E-state index contributed by atoms with van der Waals surface area (Å²) in [6, 6.07) is -0.171. The van der Waals surface area contributed by atoms with Crippen LogP contribution in [0.15, 0.2) is 0 Å². The average molecular weight is 279 g/mol. The summed E-state index contributed by atoms with van der Waals surface area (Å²) in [4.78, 5) is 1.93. The van der Waals surface area contributed by atoms with Gasteiger partial charge in [0.2, 0.25) is 0 Å². The molecule has 0 amide bonds. The maximum absolute atomic E-state index is 12.3. The van der Waals surface area contributed by atoms with Gasteiger partial charge in [-0.25, -0.2) is 0 Å². The van der Waals surface area contributed by atoms with Crippen LogP contribution in [0, 0.1) is 0 Å². The molecule has 1 aliphatic rings. The lowest BCUT2D eigenvalue weighted by Crippen LogP contribution is -2.52. The summed E-state index contributed by atoms with van der Waals surface area (Å²) >= 11 is 0. The van der Waals surface area contributed by atoms with Gasteiger partial charge in [0.1, 0.15) is 0 Å². The zero-order valence-electron chi connectivity index (χ0n) is 11.8. The first-order valence-corrected chi connectivity index (χ1v) is 7.59. The molecule has 0 aromatic rings. The largest absolute Gasteiger partial charge is 0.392 e. The van der Waals surface area contributed by atoms with Gasteiger partial charge in [-0.05, 0) is 41.3 Å². The molecule has 0 aromatic heterocycles. The molecule has 0 aliphatic carbocycles. The molecule has 1 saturated heterocycles. The Labute approximate surface area is 110 Å². The van der Waals surface area contributed by atoms with Gasteiger partial charge >= 0.3 is 0 Å². The molecule has 1 heterocycles. The van der Waals surface area contributed by atoms with Crippen molar-refractivity contribution in [2.24, 2.45) is 0 Å². The van der Waals surface area contributed by atoms with Crippen molar-refractivity contribution in [1.29, 1.82) is 0 Å². The highest BCUT2D eigenvalue weighted by Gasteiger charge is 2.40. The van der Waals surface area contributed by atoms with Crippen molar-refractivity contribution in [3.05, 3.63) is 0 Å². The zero-order chi connectivity index (χ0) is 14.1. The van der Waals surface area contributed by atoms with E-state index in [0.29, 0.717) is 13.0 Å². The smallest absolute Gasteiger partial charge is 0.280 e. The van der Waals surface area contributed by atoms with Gasteiger partial charge in [-0.2, -0.15) is 17.4 Å². The Kier molecular flexibility index (Phi) is 4.77. The van der Waals surface area contributed by atoms with Crippen LogP contribution in [0.1, 0.15) is 27.2 Å². The number of rotatable bonds is 4. The van der Waals surface area contributed by atoms with Crippen molar-refractivity contribution in [2.45, 2.75) is 44.9 Å². The quantitative estimate of drug-likeness (QED) is 0.735. The van der Waals surface area contributed by atoms with Gasteiger partial charge in [0.05, 0.1) is 6.10 Å². The van der Waals surface area contributed by atoms with Crippen LogP contribution in [0.25, 0.3) is 0 Å². The zero-order valence-corrected chi connectivity index (χ0v) is 12.7. The Morgan fingerprint density at radius 1 is 1.39 bits per heavy atom. The number of aliphatic hydroxyl groups excluding tert-OH is 1. The number of aliphatic hydroxyl groups is 1. The summed E-state index contributed by atoms with van der Waals surface area (Å²) in [5, 5.41) is 9.69. The highest BCUT2D eigenvalue weighted by atomic mass is 32.2. The van der Waals surface area contributed by atoms with Gasteiger partial charge < -0.3 is 10.0 Å². The normalized spacial score (nSPS) is 27.1. The number of hydrogen-bond acceptors (Lipinski definition) is 4. The van der Waals surface area contributed by atoms with Crippen LogP contribution in [0.5, 0.6) is 0 Å². The van der Waals surface area contributed by atoms with E-state index < -0.39 is 21.9 Å². The molecule has 18 heavy (non-hydrogen) atoms. The molecular weight excluding hydrogens is 254 g/mol. The highest BCUT2D eigenvalue weighted by molar-refractivity contribution is 7.87. The highest BCUT2D eigenvalue weighted by Crippen LogP contribution is 2.22. The van der Waals surface area contributed by atoms with Gasteiger partial charge in [0.15, 0.2) is 0 Å². The Bertz CT molecular complexity index is 375. The predicted molar refractivity (Wildman–Crippen MR) is 71.5 cm³/mol. The van der Waals surface area contributed by atoms with Gasteiger partial charge in [-0.15, -0.1) is 0 Å². The van der Waals surface area contributed by atoms with Crippen molar-refractivity contribution in [2.75, 3.05) is 27.2 Å². The topological polar surface area (TPSA) is 72.9 Å². The Morgan fingerprint density at radius 2 is 1.94 bits per heavy atom. The van der Waals surface area contributed by atoms with Crippen LogP contribution in [0.2, 0.25) is 0 Å². The van der Waals surface area contributed by atoms with Crippen LogP contribution < -0.4 is 4.72 Å². The van der Waals surface area contributed by atoms with E-state index in [1.54, 1.807) is 20.8 Å². The minimum atomic E-state index is -3.55. The van der Waals surface area contributed by atoms with Crippen LogP contribution in [0.3, 0.4) is 0 Å². The SMILES string of the molecule is CN(C)CC1CC(O)CN1S(=O)(=O)NC(C)(C)C. The molecule has 6 nitrogen and oxygen atoms in total. The third-order valence-electron chi connectivity index (χ3n) is 2.66. The first-order chi connectivity index (χ1) is 8.01. The summed E-state index contributed by atoms with van der Waals surface area (Å²) in [5.74, 6) is 0. The number of hydrogen-bond donors (Lipinski definition) is 2. The molecule has 1 aliphatic heterocycles. The lowest BCUT2D eigenvalue weighted by Gasteiger charge is -2.30. The number of likely N-dealkylation sites (N-methyl/N-ethyl adjacent to an activating group) is 1. The monoisotopic (exact) mass is 279 g/mol. The summed E-state index contributed by atoms with van der Waals surface area (Å²) in [7, 11) is 0.242. The van der Waals surface area contributed by atoms with Crippen LogP contribution in [0.4, 0.5) is 0 Å². The lowest BCUT2D eigenvalue weighted by molar-refractivity contribution is 0.187. The minimum Gasteiger partial charge on any atom is -0.392 e. The van der Waals surface area contributed by atoms with E-state index in [0.717, 1.165) is 0 Å². The van der Waals surface area contributed by atoms with E-state index in [1.807, 2.05) is 19.0 Å². The van der Waals surface area contributed by atoms with E-state index in [9.17, 15) is 13.5 Å². The lowest BCUT2D eigenvalue weighted by atomic mass is 10.1. The van der Waals surface area contributed by atoms with Crippen molar-refractivity contribution in [1.82, 2.24) is 13.9 Å². The van der Waals surface area contributed by atoms with Gasteiger partial charge in [0, 0.05) is 24.7 Å². The minimum absolute atomic E-state index is 0.171. The molecule has 1 fully saturated rings. The van der Waals surface area contributed by atoms with E-state index >= 15 is 0 Å². The summed E-state index contributed by atoms with van der Waals surface area (Å²) in [6.07, 6.45) is -0.0880. The standard InChI is InChI=1S/C11H25N3O3S/c1-11(2,3)12-18(16,17)14-8-10(15)6-9(14)7-13(4)5/h9-10,12,15H,6-8H2,1-5H3. The number of nitrogens with zero attached hydrogens (tertiary/aromatic N) is 2. The molecule has 0 spiro atoms. The molecule has 0 aromatic carbocycles. The molecule has 2 atom stereocenters. The number of nitrogens with one attached hydrogen (secondary N) is 1. The van der Waals surface area contributed by atoms with Crippen LogP contribution in [-0.4, -0.2) is 67.6 Å². The van der Waals surface area contributed by atoms with Gasteiger partial charge in [0.25, 0.3) is 10.2 Å². The summed E-state index contributed by atoms with van der Waals surface area (Å²) < 4.78 is 28.5. The Balaban J connectivity index is 2.85. The first-order valence-electron chi connectivity index (χ1n) is 6.15. The summed E-state index contributed by atoms with van der Waals surface area (Å²) in [5.41, 5.74) is -0.519. The van der Waals surface area contributed by atoms with Gasteiger partial charge in [-0.1, -0.05) is 0 Å². The Morgan fingerprint density at radius 3 is 2.39 bits per heavy atom. The molecule has 2 unspecified atom stereocenters. The summed E-state index contributed by atoms with van der Waals surface area (Å²) in [6.45, 7) is 6.19. The van der Waals surface area contributed by atoms with Crippen molar-refractivity contribution < 1.29 is 13.5 Å². The second kappa shape index (κ2) is 5.42. The van der Waals surface area contributed by atoms with Crippen molar-refractivity contribution >= 4 is 10.2 Å². The van der Waals surface area contributed by atoms with E-state index in [1.165, 1.54) is 4.31 Å². The second-order valence-electron chi connectivity index (χ2n) is 6.23. The van der Waals surface area contributed by atoms with Crippen molar-refractivity contribution in [3.8, 4) is 0 Å². The fourth-order valence-electron chi connectivity index (χ4n) is 2.19. The second-order valence-corrected chi connectivity index (χ2v) is 7.86. The molecule has 108 valence electrons. The first kappa shape index (κ1) is 15.8.